The van der Waals surface area contributed by atoms with Gasteiger partial charge in [-0.3, -0.25) is 9.78 Å². The van der Waals surface area contributed by atoms with Crippen LogP contribution in [0.2, 0.25) is 0 Å². The number of aryl methyl sites for hydroxylation is 1. The van der Waals surface area contributed by atoms with Gasteiger partial charge in [-0.05, 0) is 25.8 Å². The molecule has 84 valence electrons. The first kappa shape index (κ1) is 10.8. The lowest BCUT2D eigenvalue weighted by molar-refractivity contribution is 0.0526. The quantitative estimate of drug-likeness (QED) is 0.711. The van der Waals surface area contributed by atoms with Gasteiger partial charge in [-0.2, -0.15) is 0 Å². The summed E-state index contributed by atoms with van der Waals surface area (Å²) in [5.74, 6) is -0.351. The Kier molecular flexibility index (Phi) is 2.99. The van der Waals surface area contributed by atoms with E-state index in [0.717, 1.165) is 18.5 Å². The summed E-state index contributed by atoms with van der Waals surface area (Å²) in [6.07, 6.45) is 3.68. The van der Waals surface area contributed by atoms with Gasteiger partial charge in [-0.15, -0.1) is 0 Å². The van der Waals surface area contributed by atoms with E-state index in [2.05, 4.69) is 4.98 Å². The smallest absolute Gasteiger partial charge is 0.339 e. The summed E-state index contributed by atoms with van der Waals surface area (Å²) in [5, 5.41) is 0. The first-order chi connectivity index (χ1) is 7.72. The highest BCUT2D eigenvalue weighted by molar-refractivity contribution is 6.00. The number of hydrogen-bond acceptors (Lipinski definition) is 4. The molecule has 0 radical (unpaired) electrons. The Morgan fingerprint density at radius 3 is 3.06 bits per heavy atom. The predicted octanol–water partition coefficient (Wildman–Crippen LogP) is 1.78. The number of pyridine rings is 1. The van der Waals surface area contributed by atoms with E-state index in [1.54, 1.807) is 13.0 Å². The number of rotatable bonds is 2. The maximum Gasteiger partial charge on any atom is 0.339 e. The van der Waals surface area contributed by atoms with Crippen LogP contribution in [0.15, 0.2) is 12.3 Å². The van der Waals surface area contributed by atoms with Gasteiger partial charge >= 0.3 is 5.97 Å². The molecular weight excluding hydrogens is 206 g/mol. The topological polar surface area (TPSA) is 56.3 Å². The van der Waals surface area contributed by atoms with Gasteiger partial charge in [0.05, 0.1) is 17.9 Å². The molecule has 0 unspecified atom stereocenters. The average Bonchev–Trinajstić information content (AvgIpc) is 2.29. The SMILES string of the molecule is CCOC(=O)c1cnc2c(c1)C(=O)CCC2. The molecule has 0 fully saturated rings. The van der Waals surface area contributed by atoms with Crippen LogP contribution in [-0.4, -0.2) is 23.3 Å². The Labute approximate surface area is 93.6 Å². The molecule has 1 aromatic heterocycles. The highest BCUT2D eigenvalue weighted by Crippen LogP contribution is 2.20. The minimum atomic E-state index is -0.420. The van der Waals surface area contributed by atoms with Crippen LogP contribution in [0.5, 0.6) is 0 Å². The number of nitrogens with zero attached hydrogens (tertiary/aromatic N) is 1. The maximum atomic E-state index is 11.6. The zero-order chi connectivity index (χ0) is 11.5. The summed E-state index contributed by atoms with van der Waals surface area (Å²) in [6, 6.07) is 1.60. The van der Waals surface area contributed by atoms with Crippen LogP contribution in [0.25, 0.3) is 0 Å². The second kappa shape index (κ2) is 4.43. The van der Waals surface area contributed by atoms with Gasteiger partial charge in [-0.25, -0.2) is 4.79 Å². The van der Waals surface area contributed by atoms with E-state index in [9.17, 15) is 9.59 Å². The number of fused-ring (bicyclic) bond motifs is 1. The molecule has 0 saturated carbocycles. The molecule has 0 amide bonds. The molecule has 0 bridgehead atoms. The third kappa shape index (κ3) is 1.96. The van der Waals surface area contributed by atoms with Crippen molar-refractivity contribution < 1.29 is 14.3 Å². The summed E-state index contributed by atoms with van der Waals surface area (Å²) in [4.78, 5) is 27.2. The summed E-state index contributed by atoms with van der Waals surface area (Å²) in [6.45, 7) is 2.07. The van der Waals surface area contributed by atoms with Crippen LogP contribution in [0.4, 0.5) is 0 Å². The summed E-state index contributed by atoms with van der Waals surface area (Å²) in [7, 11) is 0. The van der Waals surface area contributed by atoms with E-state index in [-0.39, 0.29) is 5.78 Å². The van der Waals surface area contributed by atoms with Crippen LogP contribution >= 0.6 is 0 Å². The molecule has 0 N–H and O–H groups in total. The average molecular weight is 219 g/mol. The minimum absolute atomic E-state index is 0.0694. The number of esters is 1. The van der Waals surface area contributed by atoms with E-state index >= 15 is 0 Å². The molecule has 0 aromatic carbocycles. The standard InChI is InChI=1S/C12H13NO3/c1-2-16-12(15)8-6-9-10(13-7-8)4-3-5-11(9)14/h6-7H,2-5H2,1H3. The van der Waals surface area contributed by atoms with Crippen molar-refractivity contribution in [3.63, 3.8) is 0 Å². The second-order valence-corrected chi connectivity index (χ2v) is 3.72. The molecule has 0 atom stereocenters. The van der Waals surface area contributed by atoms with Gasteiger partial charge in [-0.1, -0.05) is 0 Å². The van der Waals surface area contributed by atoms with E-state index in [1.807, 2.05) is 0 Å². The van der Waals surface area contributed by atoms with Gasteiger partial charge in [0.15, 0.2) is 5.78 Å². The summed E-state index contributed by atoms with van der Waals surface area (Å²) in [5.41, 5.74) is 1.73. The van der Waals surface area contributed by atoms with Crippen molar-refractivity contribution in [1.82, 2.24) is 4.98 Å². The molecule has 2 rings (SSSR count). The lowest BCUT2D eigenvalue weighted by atomic mass is 9.94. The van der Waals surface area contributed by atoms with Gasteiger partial charge in [0, 0.05) is 18.2 Å². The number of aromatic nitrogens is 1. The Hall–Kier alpha value is -1.71. The predicted molar refractivity (Wildman–Crippen MR) is 57.5 cm³/mol. The molecule has 0 saturated heterocycles. The van der Waals surface area contributed by atoms with Crippen LogP contribution in [0.1, 0.15) is 46.2 Å². The summed E-state index contributed by atoms with van der Waals surface area (Å²) < 4.78 is 4.86. The van der Waals surface area contributed by atoms with E-state index in [1.165, 1.54) is 6.20 Å². The van der Waals surface area contributed by atoms with Crippen molar-refractivity contribution in [2.45, 2.75) is 26.2 Å². The minimum Gasteiger partial charge on any atom is -0.462 e. The highest BCUT2D eigenvalue weighted by Gasteiger charge is 2.20. The van der Waals surface area contributed by atoms with Crippen molar-refractivity contribution in [2.75, 3.05) is 6.61 Å². The lowest BCUT2D eigenvalue weighted by Crippen LogP contribution is -2.15. The second-order valence-electron chi connectivity index (χ2n) is 3.72. The first-order valence-electron chi connectivity index (χ1n) is 5.41. The fourth-order valence-electron chi connectivity index (χ4n) is 1.81. The van der Waals surface area contributed by atoms with E-state index in [4.69, 9.17) is 4.74 Å². The monoisotopic (exact) mass is 219 g/mol. The van der Waals surface area contributed by atoms with Gasteiger partial charge in [0.25, 0.3) is 0 Å². The zero-order valence-corrected chi connectivity index (χ0v) is 9.16. The Morgan fingerprint density at radius 1 is 1.50 bits per heavy atom. The lowest BCUT2D eigenvalue weighted by Gasteiger charge is -2.13. The molecular formula is C12H13NO3. The number of ketones is 1. The van der Waals surface area contributed by atoms with Crippen molar-refractivity contribution in [3.8, 4) is 0 Å². The molecule has 1 aliphatic rings. The van der Waals surface area contributed by atoms with Crippen molar-refractivity contribution >= 4 is 11.8 Å². The van der Waals surface area contributed by atoms with Gasteiger partial charge in [0.1, 0.15) is 0 Å². The molecule has 16 heavy (non-hydrogen) atoms. The Bertz CT molecular complexity index is 440. The number of Topliss-reactive ketones (excluding diaryl/α,β-unsaturated/α-hetero) is 1. The number of ether oxygens (including phenoxy) is 1. The fourth-order valence-corrected chi connectivity index (χ4v) is 1.81. The van der Waals surface area contributed by atoms with E-state index < -0.39 is 5.97 Å². The van der Waals surface area contributed by atoms with E-state index in [0.29, 0.717) is 24.2 Å². The highest BCUT2D eigenvalue weighted by atomic mass is 16.5. The van der Waals surface area contributed by atoms with Crippen LogP contribution in [0.3, 0.4) is 0 Å². The number of carbonyl (C=O) groups excluding carboxylic acids is 2. The van der Waals surface area contributed by atoms with Gasteiger partial charge in [0.2, 0.25) is 0 Å². The van der Waals surface area contributed by atoms with Crippen LogP contribution < -0.4 is 0 Å². The Morgan fingerprint density at radius 2 is 2.31 bits per heavy atom. The molecule has 0 aliphatic heterocycles. The molecule has 1 heterocycles. The zero-order valence-electron chi connectivity index (χ0n) is 9.16. The van der Waals surface area contributed by atoms with Crippen LogP contribution in [-0.2, 0) is 11.2 Å². The third-order valence-corrected chi connectivity index (χ3v) is 2.60. The van der Waals surface area contributed by atoms with Gasteiger partial charge < -0.3 is 4.74 Å². The summed E-state index contributed by atoms with van der Waals surface area (Å²) >= 11 is 0. The molecule has 0 spiro atoms. The molecule has 1 aromatic rings. The van der Waals surface area contributed by atoms with Crippen molar-refractivity contribution in [3.05, 3.63) is 29.1 Å². The number of carbonyl (C=O) groups is 2. The molecule has 4 nitrogen and oxygen atoms in total. The largest absolute Gasteiger partial charge is 0.462 e. The maximum absolute atomic E-state index is 11.6. The Balaban J connectivity index is 2.34. The first-order valence-corrected chi connectivity index (χ1v) is 5.41. The number of hydrogen-bond donors (Lipinski definition) is 0. The third-order valence-electron chi connectivity index (χ3n) is 2.60. The fraction of sp³-hybridized carbons (Fsp3) is 0.417. The van der Waals surface area contributed by atoms with Crippen LogP contribution in [0, 0.1) is 0 Å². The van der Waals surface area contributed by atoms with Crippen molar-refractivity contribution in [1.29, 1.82) is 0 Å². The van der Waals surface area contributed by atoms with Crippen molar-refractivity contribution in [2.24, 2.45) is 0 Å². The normalized spacial score (nSPS) is 14.4. The molecule has 4 heteroatoms. The molecule has 1 aliphatic carbocycles.